The van der Waals surface area contributed by atoms with Gasteiger partial charge in [0.05, 0.1) is 5.56 Å². The number of halogens is 1. The smallest absolute Gasteiger partial charge is 0.278 e. The summed E-state index contributed by atoms with van der Waals surface area (Å²) in [5.41, 5.74) is 7.12. The largest absolute Gasteiger partial charge is 0.365 e. The van der Waals surface area contributed by atoms with E-state index in [0.29, 0.717) is 22.4 Å². The second-order valence-corrected chi connectivity index (χ2v) is 7.27. The summed E-state index contributed by atoms with van der Waals surface area (Å²) in [5, 5.41) is 6.95. The Bertz CT molecular complexity index is 799. The Morgan fingerprint density at radius 3 is 2.72 bits per heavy atom. The predicted molar refractivity (Wildman–Crippen MR) is 98.5 cm³/mol. The fourth-order valence-corrected chi connectivity index (χ4v) is 4.13. The molecule has 0 atom stereocenters. The number of nitrogens with one attached hydrogen (secondary N) is 1. The van der Waals surface area contributed by atoms with Gasteiger partial charge in [-0.05, 0) is 32.8 Å². The van der Waals surface area contributed by atoms with E-state index < -0.39 is 11.8 Å². The molecule has 2 aromatic rings. The minimum atomic E-state index is -0.517. The second-order valence-electron chi connectivity index (χ2n) is 6.16. The number of nitrogens with zero attached hydrogens (tertiary/aromatic N) is 2. The van der Waals surface area contributed by atoms with Crippen molar-refractivity contribution in [2.75, 3.05) is 11.9 Å². The number of aromatic nitrogens is 1. The van der Waals surface area contributed by atoms with Crippen molar-refractivity contribution >= 4 is 40.6 Å². The van der Waals surface area contributed by atoms with Crippen molar-refractivity contribution < 1.29 is 14.1 Å². The van der Waals surface area contributed by atoms with Gasteiger partial charge in [0.15, 0.2) is 5.69 Å². The van der Waals surface area contributed by atoms with Crippen molar-refractivity contribution in [3.05, 3.63) is 33.5 Å². The van der Waals surface area contributed by atoms with Crippen LogP contribution in [0.4, 0.5) is 5.00 Å². The van der Waals surface area contributed by atoms with Gasteiger partial charge in [-0.2, -0.15) is 0 Å². The molecule has 2 amide bonds. The number of fused-ring (bicyclic) bond motifs is 1. The summed E-state index contributed by atoms with van der Waals surface area (Å²) >= 11 is 1.41. The summed E-state index contributed by atoms with van der Waals surface area (Å²) < 4.78 is 4.92. The molecule has 1 aliphatic rings. The number of hydrogen-bond acceptors (Lipinski definition) is 6. The second kappa shape index (κ2) is 7.55. The van der Waals surface area contributed by atoms with Gasteiger partial charge in [0.25, 0.3) is 11.8 Å². The molecule has 0 aliphatic carbocycles. The minimum absolute atomic E-state index is 0. The maximum Gasteiger partial charge on any atom is 0.278 e. The average Bonchev–Trinajstić information content (AvgIpc) is 3.09. The lowest BCUT2D eigenvalue weighted by Gasteiger charge is -2.30. The van der Waals surface area contributed by atoms with Crippen LogP contribution >= 0.6 is 23.7 Å². The molecule has 0 spiro atoms. The zero-order valence-electron chi connectivity index (χ0n) is 14.3. The standard InChI is InChI=1S/C16H20N4O3S.ClH/c1-8(2)20-5-4-10-12(7-20)24-16(13(10)14(17)21)18-15(22)11-6-9(3)23-19-11;/h6,8H,4-5,7H2,1-3H3,(H2,17,21)(H,18,22);1H. The van der Waals surface area contributed by atoms with Crippen LogP contribution < -0.4 is 11.1 Å². The lowest BCUT2D eigenvalue weighted by molar-refractivity contribution is 0.0999. The number of rotatable bonds is 4. The summed E-state index contributed by atoms with van der Waals surface area (Å²) in [6.45, 7) is 7.63. The fraction of sp³-hybridized carbons (Fsp3) is 0.438. The molecule has 136 valence electrons. The van der Waals surface area contributed by atoms with Crippen LogP contribution in [0.1, 0.15) is 50.9 Å². The number of amides is 2. The third-order valence-corrected chi connectivity index (χ3v) is 5.28. The molecular weight excluding hydrogens is 364 g/mol. The molecule has 1 aliphatic heterocycles. The van der Waals surface area contributed by atoms with Gasteiger partial charge in [-0.1, -0.05) is 5.16 Å². The number of aryl methyl sites for hydroxylation is 1. The van der Waals surface area contributed by atoms with E-state index in [9.17, 15) is 9.59 Å². The van der Waals surface area contributed by atoms with E-state index in [2.05, 4.69) is 29.2 Å². The molecular formula is C16H21ClN4O3S. The number of anilines is 1. The third-order valence-electron chi connectivity index (χ3n) is 4.15. The normalized spacial score (nSPS) is 14.1. The highest BCUT2D eigenvalue weighted by atomic mass is 35.5. The molecule has 0 saturated carbocycles. The molecule has 7 nitrogen and oxygen atoms in total. The van der Waals surface area contributed by atoms with E-state index in [4.69, 9.17) is 10.3 Å². The predicted octanol–water partition coefficient (Wildman–Crippen LogP) is 2.58. The zero-order chi connectivity index (χ0) is 17.4. The zero-order valence-corrected chi connectivity index (χ0v) is 15.9. The Kier molecular flexibility index (Phi) is 5.87. The van der Waals surface area contributed by atoms with E-state index in [1.165, 1.54) is 11.3 Å². The van der Waals surface area contributed by atoms with E-state index in [1.54, 1.807) is 13.0 Å². The van der Waals surface area contributed by atoms with Gasteiger partial charge < -0.3 is 15.6 Å². The Morgan fingerprint density at radius 2 is 2.16 bits per heavy atom. The highest BCUT2D eigenvalue weighted by molar-refractivity contribution is 7.17. The van der Waals surface area contributed by atoms with Crippen LogP contribution in [-0.2, 0) is 13.0 Å². The fourth-order valence-electron chi connectivity index (χ4n) is 2.85. The summed E-state index contributed by atoms with van der Waals surface area (Å²) in [4.78, 5) is 27.6. The maximum atomic E-state index is 12.3. The van der Waals surface area contributed by atoms with Crippen molar-refractivity contribution in [3.8, 4) is 0 Å². The van der Waals surface area contributed by atoms with Crippen molar-refractivity contribution in [1.82, 2.24) is 10.1 Å². The Balaban J connectivity index is 0.00000225. The monoisotopic (exact) mass is 384 g/mol. The topological polar surface area (TPSA) is 101 Å². The van der Waals surface area contributed by atoms with Crippen molar-refractivity contribution in [2.45, 2.75) is 39.8 Å². The molecule has 0 fully saturated rings. The van der Waals surface area contributed by atoms with Crippen LogP contribution in [0.3, 0.4) is 0 Å². The number of primary amides is 1. The number of thiophene rings is 1. The number of carbonyl (C=O) groups is 2. The van der Waals surface area contributed by atoms with E-state index >= 15 is 0 Å². The van der Waals surface area contributed by atoms with Crippen molar-refractivity contribution in [3.63, 3.8) is 0 Å². The van der Waals surface area contributed by atoms with Gasteiger partial charge in [0.2, 0.25) is 0 Å². The molecule has 2 aromatic heterocycles. The van der Waals surface area contributed by atoms with Crippen LogP contribution in [-0.4, -0.2) is 34.5 Å². The van der Waals surface area contributed by atoms with Crippen LogP contribution in [0.25, 0.3) is 0 Å². The molecule has 3 heterocycles. The van der Waals surface area contributed by atoms with Crippen LogP contribution in [0.5, 0.6) is 0 Å². The Hall–Kier alpha value is -1.90. The summed E-state index contributed by atoms with van der Waals surface area (Å²) in [5.74, 6) is -0.376. The van der Waals surface area contributed by atoms with Crippen LogP contribution in [0.15, 0.2) is 10.6 Å². The quantitative estimate of drug-likeness (QED) is 0.843. The SMILES string of the molecule is Cc1cc(C(=O)Nc2sc3c(c2C(N)=O)CCN(C(C)C)C3)no1.Cl. The van der Waals surface area contributed by atoms with Gasteiger partial charge in [-0.15, -0.1) is 23.7 Å². The molecule has 0 unspecified atom stereocenters. The van der Waals surface area contributed by atoms with Crippen molar-refractivity contribution in [2.24, 2.45) is 5.73 Å². The van der Waals surface area contributed by atoms with E-state index in [-0.39, 0.29) is 18.1 Å². The van der Waals surface area contributed by atoms with Crippen LogP contribution in [0, 0.1) is 6.92 Å². The van der Waals surface area contributed by atoms with Crippen molar-refractivity contribution in [1.29, 1.82) is 0 Å². The molecule has 3 rings (SSSR count). The molecule has 25 heavy (non-hydrogen) atoms. The van der Waals surface area contributed by atoms with Gasteiger partial charge in [-0.25, -0.2) is 0 Å². The molecule has 0 radical (unpaired) electrons. The van der Waals surface area contributed by atoms with Gasteiger partial charge in [0.1, 0.15) is 10.8 Å². The summed E-state index contributed by atoms with van der Waals surface area (Å²) in [7, 11) is 0. The minimum Gasteiger partial charge on any atom is -0.365 e. The number of hydrogen-bond donors (Lipinski definition) is 2. The first-order chi connectivity index (χ1) is 11.4. The number of nitrogens with two attached hydrogens (primary N) is 1. The Morgan fingerprint density at radius 1 is 1.44 bits per heavy atom. The summed E-state index contributed by atoms with van der Waals surface area (Å²) in [6.07, 6.45) is 0.751. The van der Waals surface area contributed by atoms with Gasteiger partial charge >= 0.3 is 0 Å². The average molecular weight is 385 g/mol. The highest BCUT2D eigenvalue weighted by Crippen LogP contribution is 2.37. The van der Waals surface area contributed by atoms with E-state index in [0.717, 1.165) is 30.0 Å². The molecule has 3 N–H and O–H groups in total. The first kappa shape index (κ1) is 19.4. The lowest BCUT2D eigenvalue weighted by Crippen LogP contribution is -2.35. The molecule has 0 saturated heterocycles. The van der Waals surface area contributed by atoms with Crippen LogP contribution in [0.2, 0.25) is 0 Å². The maximum absolute atomic E-state index is 12.3. The first-order valence-electron chi connectivity index (χ1n) is 7.80. The highest BCUT2D eigenvalue weighted by Gasteiger charge is 2.28. The molecule has 9 heteroatoms. The molecule has 0 bridgehead atoms. The number of carbonyl (C=O) groups excluding carboxylic acids is 2. The van der Waals surface area contributed by atoms with Gasteiger partial charge in [0, 0.05) is 30.1 Å². The van der Waals surface area contributed by atoms with Gasteiger partial charge in [-0.3, -0.25) is 14.5 Å². The lowest BCUT2D eigenvalue weighted by atomic mass is 10.0. The van der Waals surface area contributed by atoms with E-state index in [1.807, 2.05) is 0 Å². The molecule has 0 aromatic carbocycles. The first-order valence-corrected chi connectivity index (χ1v) is 8.61. The Labute approximate surface area is 155 Å². The third kappa shape index (κ3) is 3.86. The summed E-state index contributed by atoms with van der Waals surface area (Å²) in [6, 6.07) is 1.97.